The molecule has 1 aromatic heterocycles. The van der Waals surface area contributed by atoms with Gasteiger partial charge in [-0.1, -0.05) is 85.2 Å². The van der Waals surface area contributed by atoms with Crippen molar-refractivity contribution in [2.75, 3.05) is 34.9 Å². The molecule has 0 radical (unpaired) electrons. The van der Waals surface area contributed by atoms with Crippen LogP contribution in [0.15, 0.2) is 54.9 Å². The van der Waals surface area contributed by atoms with Crippen LogP contribution in [0.2, 0.25) is 0 Å². The first-order valence-electron chi connectivity index (χ1n) is 21.0. The molecule has 4 unspecified atom stereocenters. The number of hydrogen-bond acceptors (Lipinski definition) is 9. The minimum atomic E-state index is -1.14. The summed E-state index contributed by atoms with van der Waals surface area (Å²) in [6.07, 6.45) is 4.18. The zero-order chi connectivity index (χ0) is 44.0. The smallest absolute Gasteiger partial charge is 0.326 e. The highest BCUT2D eigenvalue weighted by Gasteiger charge is 2.43. The quantitative estimate of drug-likeness (QED) is 0.146. The first-order valence-corrected chi connectivity index (χ1v) is 21.0. The van der Waals surface area contributed by atoms with Crippen LogP contribution in [0.3, 0.4) is 0 Å². The van der Waals surface area contributed by atoms with E-state index in [1.54, 1.807) is 43.3 Å². The molecule has 0 bridgehead atoms. The van der Waals surface area contributed by atoms with E-state index in [4.69, 9.17) is 9.47 Å². The van der Waals surface area contributed by atoms with E-state index in [0.29, 0.717) is 32.4 Å². The van der Waals surface area contributed by atoms with Gasteiger partial charge < -0.3 is 35.0 Å². The summed E-state index contributed by atoms with van der Waals surface area (Å²) in [5.41, 5.74) is 1.81. The number of amides is 4. The fourth-order valence-corrected chi connectivity index (χ4v) is 8.52. The van der Waals surface area contributed by atoms with Gasteiger partial charge >= 0.3 is 5.97 Å². The summed E-state index contributed by atoms with van der Waals surface area (Å²) in [6, 6.07) is 9.54. The Labute approximate surface area is 351 Å². The van der Waals surface area contributed by atoms with Gasteiger partial charge in [-0.05, 0) is 60.9 Å². The molecule has 1 aliphatic rings. The van der Waals surface area contributed by atoms with Crippen LogP contribution < -0.4 is 10.6 Å². The molecule has 59 heavy (non-hydrogen) atoms. The van der Waals surface area contributed by atoms with E-state index in [1.165, 1.54) is 7.11 Å². The van der Waals surface area contributed by atoms with Crippen molar-refractivity contribution in [3.63, 3.8) is 0 Å². The Bertz CT molecular complexity index is 1650. The highest BCUT2D eigenvalue weighted by molar-refractivity contribution is 5.90. The second-order valence-corrected chi connectivity index (χ2v) is 16.9. The van der Waals surface area contributed by atoms with E-state index in [-0.39, 0.29) is 48.3 Å². The molecule has 14 heteroatoms. The third-order valence-corrected chi connectivity index (χ3v) is 11.9. The molecule has 1 saturated heterocycles. The van der Waals surface area contributed by atoms with E-state index in [2.05, 4.69) is 15.6 Å². The number of ether oxygens (including phenoxy) is 2. The van der Waals surface area contributed by atoms with Gasteiger partial charge in [0.15, 0.2) is 0 Å². The molecule has 9 atom stereocenters. The van der Waals surface area contributed by atoms with E-state index < -0.39 is 60.2 Å². The third-order valence-electron chi connectivity index (χ3n) is 11.9. The Kier molecular flexibility index (Phi) is 19.4. The number of carbonyl (C=O) groups is 5. The van der Waals surface area contributed by atoms with Crippen LogP contribution in [0.25, 0.3) is 0 Å². The van der Waals surface area contributed by atoms with Crippen molar-refractivity contribution in [2.24, 2.45) is 23.7 Å². The molecule has 3 rings (SSSR count). The number of pyridine rings is 1. The number of hydrogen-bond donors (Lipinski definition) is 3. The van der Waals surface area contributed by atoms with Gasteiger partial charge in [-0.3, -0.25) is 29.1 Å². The van der Waals surface area contributed by atoms with Crippen LogP contribution >= 0.6 is 0 Å². The highest BCUT2D eigenvalue weighted by Crippen LogP contribution is 2.30. The number of aromatic nitrogens is 1. The number of likely N-dealkylation sites (N-methyl/N-ethyl adjacent to an activating group) is 2. The number of carboxylic acids is 1. The Morgan fingerprint density at radius 2 is 1.53 bits per heavy atom. The molecule has 328 valence electrons. The van der Waals surface area contributed by atoms with Gasteiger partial charge in [-0.2, -0.15) is 0 Å². The van der Waals surface area contributed by atoms with Gasteiger partial charge in [0.05, 0.1) is 42.7 Å². The van der Waals surface area contributed by atoms with E-state index in [9.17, 15) is 29.1 Å². The Hall–Kier alpha value is -4.40. The van der Waals surface area contributed by atoms with Crippen molar-refractivity contribution in [1.29, 1.82) is 0 Å². The SMILES string of the molecule is CC[C@H](C)[C@@H]([C@@H](CC(=O)N1CCCC1[C@H](OC)[C@@H](C)C(=O)NC(Cc1ccccc1)C(=O)O)OC)N(C)C(=O)C(NC(=O)C(C(C)C)N(C)Cc1ccncc1)C(C)C. The molecule has 4 amide bonds. The summed E-state index contributed by atoms with van der Waals surface area (Å²) < 4.78 is 11.9. The number of aliphatic carboxylic acids is 1. The van der Waals surface area contributed by atoms with E-state index in [1.807, 2.05) is 96.0 Å². The number of rotatable bonds is 23. The average Bonchev–Trinajstić information content (AvgIpc) is 3.69. The molecule has 3 N–H and O–H groups in total. The maximum Gasteiger partial charge on any atom is 0.326 e. The van der Waals surface area contributed by atoms with Crippen molar-refractivity contribution < 1.29 is 38.6 Å². The van der Waals surface area contributed by atoms with Gasteiger partial charge in [0.25, 0.3) is 0 Å². The summed E-state index contributed by atoms with van der Waals surface area (Å²) in [4.78, 5) is 77.9. The molecule has 0 spiro atoms. The van der Waals surface area contributed by atoms with Gasteiger partial charge in [0.2, 0.25) is 23.6 Å². The van der Waals surface area contributed by atoms with Crippen LogP contribution in [0, 0.1) is 23.7 Å². The Balaban J connectivity index is 1.78. The van der Waals surface area contributed by atoms with Crippen molar-refractivity contribution >= 4 is 29.6 Å². The number of benzene rings is 1. The van der Waals surface area contributed by atoms with Crippen molar-refractivity contribution in [3.05, 3.63) is 66.0 Å². The molecular weight excluding hydrogens is 753 g/mol. The van der Waals surface area contributed by atoms with Crippen LogP contribution in [-0.4, -0.2) is 132 Å². The number of nitrogens with zero attached hydrogens (tertiary/aromatic N) is 4. The normalized spacial score (nSPS) is 18.4. The molecule has 1 aliphatic heterocycles. The van der Waals surface area contributed by atoms with E-state index >= 15 is 0 Å². The lowest BCUT2D eigenvalue weighted by Gasteiger charge is -2.41. The van der Waals surface area contributed by atoms with Crippen molar-refractivity contribution in [3.8, 4) is 0 Å². The topological polar surface area (TPSA) is 171 Å². The molecule has 14 nitrogen and oxygen atoms in total. The fraction of sp³-hybridized carbons (Fsp3) is 0.644. The molecular formula is C45H70N6O8. The molecule has 1 fully saturated rings. The Morgan fingerprint density at radius 3 is 2.07 bits per heavy atom. The summed E-state index contributed by atoms with van der Waals surface area (Å²) in [5.74, 6) is -3.41. The van der Waals surface area contributed by atoms with Crippen molar-refractivity contribution in [1.82, 2.24) is 30.3 Å². The standard InChI is InChI=1S/C45H70N6O8/c1-12-30(6)40(50(9)44(55)38(28(2)3)48-43(54)39(29(4)5)49(8)27-33-20-22-46-23-21-33)36(58-10)26-37(52)51-24-16-19-35(51)41(59-11)31(7)42(53)47-34(45(56)57)25-32-17-14-13-15-18-32/h13-15,17-18,20-23,28-31,34-36,38-41H,12,16,19,24-27H2,1-11H3,(H,47,53)(H,48,54)(H,56,57)/t30-,31+,34?,35?,36+,38?,39?,40-,41+/m0/s1. The minimum Gasteiger partial charge on any atom is -0.480 e. The molecule has 0 aliphatic carbocycles. The number of carbonyl (C=O) groups excluding carboxylic acids is 4. The summed E-state index contributed by atoms with van der Waals surface area (Å²) >= 11 is 0. The van der Waals surface area contributed by atoms with Gasteiger partial charge in [-0.15, -0.1) is 0 Å². The number of carboxylic acid groups (broad SMARTS) is 1. The zero-order valence-electron chi connectivity index (χ0n) is 37.1. The van der Waals surface area contributed by atoms with Gasteiger partial charge in [0.1, 0.15) is 12.1 Å². The summed E-state index contributed by atoms with van der Waals surface area (Å²) in [7, 11) is 6.66. The molecule has 1 aromatic carbocycles. The number of methoxy groups -OCH3 is 2. The van der Waals surface area contributed by atoms with Crippen molar-refractivity contribution in [2.45, 2.75) is 130 Å². The predicted octanol–water partition coefficient (Wildman–Crippen LogP) is 4.41. The second-order valence-electron chi connectivity index (χ2n) is 16.9. The van der Waals surface area contributed by atoms with Crippen LogP contribution in [0.4, 0.5) is 0 Å². The fourth-order valence-electron chi connectivity index (χ4n) is 8.52. The Morgan fingerprint density at radius 1 is 0.881 bits per heavy atom. The summed E-state index contributed by atoms with van der Waals surface area (Å²) in [6.45, 7) is 14.5. The van der Waals surface area contributed by atoms with E-state index in [0.717, 1.165) is 11.1 Å². The largest absolute Gasteiger partial charge is 0.480 e. The van der Waals surface area contributed by atoms with Gasteiger partial charge in [0, 0.05) is 53.2 Å². The molecule has 2 heterocycles. The molecule has 2 aromatic rings. The van der Waals surface area contributed by atoms with Gasteiger partial charge in [-0.25, -0.2) is 4.79 Å². The second kappa shape index (κ2) is 23.4. The first-order chi connectivity index (χ1) is 28.0. The maximum atomic E-state index is 14.5. The zero-order valence-corrected chi connectivity index (χ0v) is 37.1. The number of likely N-dealkylation sites (tertiary alicyclic amines) is 1. The first kappa shape index (κ1) is 49.0. The molecule has 0 saturated carbocycles. The maximum absolute atomic E-state index is 14.5. The lowest BCUT2D eigenvalue weighted by molar-refractivity contribution is -0.148. The summed E-state index contributed by atoms with van der Waals surface area (Å²) in [5, 5.41) is 15.7. The lowest BCUT2D eigenvalue weighted by atomic mass is 9.89. The van der Waals surface area contributed by atoms with Crippen LogP contribution in [0.5, 0.6) is 0 Å². The minimum absolute atomic E-state index is 0.0251. The van der Waals surface area contributed by atoms with Crippen LogP contribution in [-0.2, 0) is 46.4 Å². The highest BCUT2D eigenvalue weighted by atomic mass is 16.5. The predicted molar refractivity (Wildman–Crippen MR) is 227 cm³/mol. The average molecular weight is 823 g/mol. The third kappa shape index (κ3) is 13.3. The monoisotopic (exact) mass is 823 g/mol. The number of nitrogens with one attached hydrogen (secondary N) is 2. The van der Waals surface area contributed by atoms with Crippen LogP contribution in [0.1, 0.15) is 85.3 Å². The lowest BCUT2D eigenvalue weighted by Crippen LogP contribution is -2.60.